The second-order valence-corrected chi connectivity index (χ2v) is 13.5. The number of carbonyl (C=O) groups excluding carboxylic acids is 1. The molecule has 0 aliphatic carbocycles. The fourth-order valence-corrected chi connectivity index (χ4v) is 5.54. The molecule has 0 bridgehead atoms. The van der Waals surface area contributed by atoms with Crippen molar-refractivity contribution in [3.8, 4) is 5.88 Å². The second kappa shape index (κ2) is 10.7. The molecule has 39 heavy (non-hydrogen) atoms. The van der Waals surface area contributed by atoms with E-state index in [2.05, 4.69) is 27.2 Å². The van der Waals surface area contributed by atoms with Crippen LogP contribution in [0, 0.1) is 0 Å². The smallest absolute Gasteiger partial charge is 0.340 e. The number of esters is 1. The Morgan fingerprint density at radius 3 is 2.64 bits per heavy atom. The number of aromatic nitrogens is 3. The summed E-state index contributed by atoms with van der Waals surface area (Å²) >= 11 is 0. The molecule has 3 aromatic heterocycles. The van der Waals surface area contributed by atoms with E-state index < -0.39 is 21.0 Å². The lowest BCUT2D eigenvalue weighted by Crippen LogP contribution is -2.36. The van der Waals surface area contributed by atoms with Gasteiger partial charge in [0.05, 0.1) is 28.5 Å². The molecule has 1 aliphatic rings. The maximum atomic E-state index is 12.3. The van der Waals surface area contributed by atoms with Crippen molar-refractivity contribution in [2.75, 3.05) is 17.3 Å². The quantitative estimate of drug-likeness (QED) is 0.344. The fourth-order valence-electron chi connectivity index (χ4n) is 4.78. The highest BCUT2D eigenvalue weighted by Crippen LogP contribution is 2.35. The number of anilines is 2. The maximum Gasteiger partial charge on any atom is 0.340 e. The number of rotatable bonds is 10. The van der Waals surface area contributed by atoms with Crippen LogP contribution in [-0.2, 0) is 26.5 Å². The highest BCUT2D eigenvalue weighted by molar-refractivity contribution is 7.90. The van der Waals surface area contributed by atoms with Crippen LogP contribution in [0.3, 0.4) is 0 Å². The van der Waals surface area contributed by atoms with Gasteiger partial charge in [-0.3, -0.25) is 0 Å². The molecule has 1 aliphatic heterocycles. The first-order valence-electron chi connectivity index (χ1n) is 13.1. The first-order chi connectivity index (χ1) is 18.2. The Hall–Kier alpha value is -3.31. The molecule has 0 aromatic carbocycles. The van der Waals surface area contributed by atoms with E-state index >= 15 is 0 Å². The Morgan fingerprint density at radius 2 is 1.95 bits per heavy atom. The van der Waals surface area contributed by atoms with E-state index in [1.165, 1.54) is 6.26 Å². The summed E-state index contributed by atoms with van der Waals surface area (Å²) in [4.78, 5) is 26.2. The van der Waals surface area contributed by atoms with E-state index in [4.69, 9.17) is 15.2 Å². The van der Waals surface area contributed by atoms with Gasteiger partial charge < -0.3 is 20.5 Å². The van der Waals surface area contributed by atoms with E-state index in [1.54, 1.807) is 24.5 Å². The zero-order chi connectivity index (χ0) is 28.6. The molecule has 3 aromatic rings. The van der Waals surface area contributed by atoms with Crippen molar-refractivity contribution in [3.05, 3.63) is 47.4 Å². The van der Waals surface area contributed by atoms with E-state index in [0.29, 0.717) is 47.0 Å². The van der Waals surface area contributed by atoms with Crippen LogP contribution in [0.2, 0.25) is 0 Å². The van der Waals surface area contributed by atoms with Crippen molar-refractivity contribution in [3.63, 3.8) is 0 Å². The Balaban J connectivity index is 1.70. The molecular formula is C28H37N5O5S. The van der Waals surface area contributed by atoms with E-state index in [-0.39, 0.29) is 17.8 Å². The largest absolute Gasteiger partial charge is 0.474 e. The number of nitrogens with zero attached hydrogens (tertiary/aromatic N) is 3. The van der Waals surface area contributed by atoms with Crippen LogP contribution in [0.1, 0.15) is 75.5 Å². The Kier molecular flexibility index (Phi) is 7.86. The summed E-state index contributed by atoms with van der Waals surface area (Å²) in [6.45, 7) is 9.59. The lowest BCUT2D eigenvalue weighted by atomic mass is 9.87. The minimum absolute atomic E-state index is 0.0244. The highest BCUT2D eigenvalue weighted by Gasteiger charge is 2.33. The Labute approximate surface area is 229 Å². The number of cyclic esters (lactones) is 1. The summed E-state index contributed by atoms with van der Waals surface area (Å²) in [6.07, 6.45) is 6.73. The van der Waals surface area contributed by atoms with Crippen molar-refractivity contribution >= 4 is 38.2 Å². The van der Waals surface area contributed by atoms with Gasteiger partial charge in [-0.25, -0.2) is 28.2 Å². The molecule has 0 saturated carbocycles. The van der Waals surface area contributed by atoms with Gasteiger partial charge >= 0.3 is 5.97 Å². The number of ether oxygens (including phenoxy) is 2. The van der Waals surface area contributed by atoms with Crippen LogP contribution >= 0.6 is 0 Å². The molecule has 210 valence electrons. The van der Waals surface area contributed by atoms with Crippen LogP contribution in [0.15, 0.2) is 30.6 Å². The highest BCUT2D eigenvalue weighted by atomic mass is 32.2. The number of carbonyl (C=O) groups is 1. The van der Waals surface area contributed by atoms with Gasteiger partial charge in [0.15, 0.2) is 0 Å². The molecule has 1 unspecified atom stereocenters. The SMILES string of the molecule is CCCC(C)(N)c1cnc(O[C@H](C)CCS(C)(=O)=O)c2cnc(Nc3ccc4c(n3)CC(C)(C)OC4=O)cc12. The lowest BCUT2D eigenvalue weighted by molar-refractivity contribution is -0.00714. The van der Waals surface area contributed by atoms with E-state index in [1.807, 2.05) is 33.8 Å². The van der Waals surface area contributed by atoms with Gasteiger partial charge in [-0.05, 0) is 69.7 Å². The average molecular weight is 556 g/mol. The fraction of sp³-hybridized carbons (Fsp3) is 0.500. The lowest BCUT2D eigenvalue weighted by Gasteiger charge is -2.30. The van der Waals surface area contributed by atoms with Crippen LogP contribution in [0.25, 0.3) is 10.8 Å². The number of hydrogen-bond donors (Lipinski definition) is 2. The first-order valence-corrected chi connectivity index (χ1v) is 15.2. The molecule has 3 N–H and O–H groups in total. The molecule has 0 saturated heterocycles. The third-order valence-corrected chi connectivity index (χ3v) is 7.72. The van der Waals surface area contributed by atoms with E-state index in [9.17, 15) is 13.2 Å². The van der Waals surface area contributed by atoms with Gasteiger partial charge in [0.1, 0.15) is 27.1 Å². The zero-order valence-electron chi connectivity index (χ0n) is 23.4. The molecule has 4 heterocycles. The van der Waals surface area contributed by atoms with Crippen LogP contribution in [0.4, 0.5) is 11.6 Å². The molecule has 11 heteroatoms. The standard InChI is InChI=1S/C28H37N5O5S/c1-7-11-28(5,29)21-16-31-25(37-17(2)10-12-39(6,35)36)20-15-30-24(13-19(20)21)33-23-9-8-18-22(32-23)14-27(3,4)38-26(18)34/h8-9,13,15-17H,7,10-12,14,29H2,1-6H3,(H,30,32,33)/t17-,28?/m1/s1. The summed E-state index contributed by atoms with van der Waals surface area (Å²) < 4.78 is 34.7. The Morgan fingerprint density at radius 1 is 1.21 bits per heavy atom. The third kappa shape index (κ3) is 6.83. The van der Waals surface area contributed by atoms with Crippen molar-refractivity contribution in [1.29, 1.82) is 0 Å². The van der Waals surface area contributed by atoms with Gasteiger partial charge in [0.25, 0.3) is 0 Å². The zero-order valence-corrected chi connectivity index (χ0v) is 24.2. The summed E-state index contributed by atoms with van der Waals surface area (Å²) in [7, 11) is -3.11. The molecule has 0 spiro atoms. The summed E-state index contributed by atoms with van der Waals surface area (Å²) in [5.41, 5.74) is 7.45. The summed E-state index contributed by atoms with van der Waals surface area (Å²) in [5.74, 6) is 1.11. The predicted octanol–water partition coefficient (Wildman–Crippen LogP) is 4.44. The molecule has 0 radical (unpaired) electrons. The first kappa shape index (κ1) is 28.7. The topological polar surface area (TPSA) is 146 Å². The maximum absolute atomic E-state index is 12.3. The molecule has 0 amide bonds. The minimum Gasteiger partial charge on any atom is -0.474 e. The normalized spacial score (nSPS) is 17.2. The van der Waals surface area contributed by atoms with Crippen molar-refractivity contribution in [2.24, 2.45) is 5.73 Å². The average Bonchev–Trinajstić information content (AvgIpc) is 2.81. The molecule has 2 atom stereocenters. The van der Waals surface area contributed by atoms with Crippen molar-refractivity contribution < 1.29 is 22.7 Å². The second-order valence-electron chi connectivity index (χ2n) is 11.2. The van der Waals surface area contributed by atoms with Gasteiger partial charge in [-0.1, -0.05) is 13.3 Å². The molecule has 4 rings (SSSR count). The summed E-state index contributed by atoms with van der Waals surface area (Å²) in [6, 6.07) is 5.32. The Bertz CT molecular complexity index is 1500. The number of sulfone groups is 1. The van der Waals surface area contributed by atoms with Crippen LogP contribution < -0.4 is 15.8 Å². The van der Waals surface area contributed by atoms with Gasteiger partial charge in [-0.15, -0.1) is 0 Å². The summed E-state index contributed by atoms with van der Waals surface area (Å²) in [5, 5.41) is 4.76. The van der Waals surface area contributed by atoms with Gasteiger partial charge in [-0.2, -0.15) is 0 Å². The third-order valence-electron chi connectivity index (χ3n) is 6.74. The number of nitrogens with one attached hydrogen (secondary N) is 1. The number of hydrogen-bond acceptors (Lipinski definition) is 10. The van der Waals surface area contributed by atoms with E-state index in [0.717, 1.165) is 23.8 Å². The van der Waals surface area contributed by atoms with Crippen molar-refractivity contribution in [2.45, 2.75) is 77.5 Å². The molecule has 0 fully saturated rings. The molecule has 10 nitrogen and oxygen atoms in total. The van der Waals surface area contributed by atoms with Gasteiger partial charge in [0, 0.05) is 30.6 Å². The monoisotopic (exact) mass is 555 g/mol. The minimum atomic E-state index is -3.11. The number of nitrogens with two attached hydrogens (primary N) is 1. The van der Waals surface area contributed by atoms with Crippen LogP contribution in [-0.4, -0.2) is 53.1 Å². The molecular weight excluding hydrogens is 518 g/mol. The van der Waals surface area contributed by atoms with Gasteiger partial charge in [0.2, 0.25) is 5.88 Å². The predicted molar refractivity (Wildman–Crippen MR) is 151 cm³/mol. The number of fused-ring (bicyclic) bond motifs is 2. The van der Waals surface area contributed by atoms with Crippen LogP contribution in [0.5, 0.6) is 5.88 Å². The van der Waals surface area contributed by atoms with Crippen molar-refractivity contribution in [1.82, 2.24) is 15.0 Å². The number of pyridine rings is 3.